The molecule has 0 unspecified atom stereocenters. The van der Waals surface area contributed by atoms with E-state index in [0.29, 0.717) is 5.02 Å². The highest BCUT2D eigenvalue weighted by molar-refractivity contribution is 7.92. The summed E-state index contributed by atoms with van der Waals surface area (Å²) in [5, 5.41) is 0.643. The summed E-state index contributed by atoms with van der Waals surface area (Å²) in [7, 11) is -2.61. The van der Waals surface area contributed by atoms with Crippen molar-refractivity contribution in [3.8, 4) is 0 Å². The molecule has 0 saturated carbocycles. The Labute approximate surface area is 150 Å². The molecule has 2 rings (SSSR count). The van der Waals surface area contributed by atoms with E-state index in [1.807, 2.05) is 0 Å². The molecule has 0 radical (unpaired) electrons. The number of esters is 1. The van der Waals surface area contributed by atoms with E-state index in [1.54, 1.807) is 6.92 Å². The van der Waals surface area contributed by atoms with Gasteiger partial charge < -0.3 is 4.74 Å². The number of nitrogens with zero attached hydrogens (tertiary/aromatic N) is 1. The predicted molar refractivity (Wildman–Crippen MR) is 94.4 cm³/mol. The fourth-order valence-electron chi connectivity index (χ4n) is 2.15. The lowest BCUT2D eigenvalue weighted by atomic mass is 10.2. The maximum atomic E-state index is 12.9. The molecule has 0 heterocycles. The van der Waals surface area contributed by atoms with Crippen molar-refractivity contribution in [2.45, 2.75) is 11.8 Å². The number of halogens is 2. The minimum atomic E-state index is -3.85. The van der Waals surface area contributed by atoms with E-state index in [4.69, 9.17) is 23.2 Å². The number of carbonyl (C=O) groups is 1. The molecule has 0 atom stereocenters. The lowest BCUT2D eigenvalue weighted by Gasteiger charge is -2.24. The van der Waals surface area contributed by atoms with Crippen LogP contribution in [0.5, 0.6) is 0 Å². The van der Waals surface area contributed by atoms with Crippen LogP contribution in [0.4, 0.5) is 5.69 Å². The van der Waals surface area contributed by atoms with Crippen LogP contribution in [-0.2, 0) is 14.8 Å². The Balaban J connectivity index is 2.55. The summed E-state index contributed by atoms with van der Waals surface area (Å²) in [6.45, 7) is 1.81. The van der Waals surface area contributed by atoms with Crippen molar-refractivity contribution in [2.24, 2.45) is 0 Å². The van der Waals surface area contributed by atoms with Crippen molar-refractivity contribution >= 4 is 44.9 Å². The minimum Gasteiger partial charge on any atom is -0.465 e. The first-order valence-corrected chi connectivity index (χ1v) is 9.17. The van der Waals surface area contributed by atoms with Crippen molar-refractivity contribution in [3.05, 3.63) is 58.1 Å². The zero-order valence-electron chi connectivity index (χ0n) is 13.0. The number of hydrogen-bond acceptors (Lipinski definition) is 4. The molecule has 0 spiro atoms. The zero-order chi connectivity index (χ0) is 17.9. The first-order valence-electron chi connectivity index (χ1n) is 6.97. The number of sulfonamides is 1. The number of carbonyl (C=O) groups excluding carboxylic acids is 1. The van der Waals surface area contributed by atoms with Gasteiger partial charge in [0, 0.05) is 11.6 Å². The molecule has 0 aliphatic heterocycles. The van der Waals surface area contributed by atoms with Gasteiger partial charge in [-0.15, -0.1) is 0 Å². The quantitative estimate of drug-likeness (QED) is 0.727. The summed E-state index contributed by atoms with van der Waals surface area (Å²) in [4.78, 5) is 11.8. The van der Waals surface area contributed by atoms with Crippen LogP contribution >= 0.6 is 23.2 Å². The molecule has 2 aromatic carbocycles. The van der Waals surface area contributed by atoms with E-state index >= 15 is 0 Å². The highest BCUT2D eigenvalue weighted by atomic mass is 35.5. The van der Waals surface area contributed by atoms with Gasteiger partial charge in [-0.1, -0.05) is 23.2 Å². The largest absolute Gasteiger partial charge is 0.465 e. The molecule has 0 N–H and O–H groups in total. The fourth-order valence-corrected chi connectivity index (χ4v) is 4.03. The molecular weight excluding hydrogens is 373 g/mol. The number of methoxy groups -OCH3 is 1. The highest BCUT2D eigenvalue weighted by Crippen LogP contribution is 2.32. The third-order valence-electron chi connectivity index (χ3n) is 3.32. The molecule has 5 nitrogen and oxygen atoms in total. The Kier molecular flexibility index (Phi) is 5.74. The van der Waals surface area contributed by atoms with E-state index in [1.165, 1.54) is 49.6 Å². The summed E-state index contributed by atoms with van der Waals surface area (Å²) < 4.78 is 31.6. The second kappa shape index (κ2) is 7.42. The molecule has 8 heteroatoms. The molecule has 24 heavy (non-hydrogen) atoms. The van der Waals surface area contributed by atoms with E-state index in [9.17, 15) is 13.2 Å². The molecular formula is C16H15Cl2NO4S. The molecule has 2 aromatic rings. The lowest BCUT2D eigenvalue weighted by Crippen LogP contribution is -2.31. The van der Waals surface area contributed by atoms with Gasteiger partial charge in [0.25, 0.3) is 10.0 Å². The van der Waals surface area contributed by atoms with Gasteiger partial charge in [-0.05, 0) is 49.4 Å². The van der Waals surface area contributed by atoms with Gasteiger partial charge in [-0.2, -0.15) is 0 Å². The third-order valence-corrected chi connectivity index (χ3v) is 5.80. The van der Waals surface area contributed by atoms with Crippen LogP contribution in [0.1, 0.15) is 17.3 Å². The van der Waals surface area contributed by atoms with Crippen LogP contribution < -0.4 is 4.31 Å². The molecule has 0 aromatic heterocycles. The Bertz CT molecular complexity index is 851. The molecule has 0 amide bonds. The Hall–Kier alpha value is -1.76. The first-order chi connectivity index (χ1) is 11.3. The van der Waals surface area contributed by atoms with Gasteiger partial charge in [0.2, 0.25) is 0 Å². The van der Waals surface area contributed by atoms with E-state index < -0.39 is 16.0 Å². The van der Waals surface area contributed by atoms with Crippen LogP contribution in [-0.4, -0.2) is 28.0 Å². The maximum Gasteiger partial charge on any atom is 0.337 e. The van der Waals surface area contributed by atoms with Gasteiger partial charge in [-0.3, -0.25) is 4.31 Å². The smallest absolute Gasteiger partial charge is 0.337 e. The van der Waals surface area contributed by atoms with Crippen molar-refractivity contribution in [3.63, 3.8) is 0 Å². The number of hydrogen-bond donors (Lipinski definition) is 0. The summed E-state index contributed by atoms with van der Waals surface area (Å²) in [6, 6.07) is 10.1. The Morgan fingerprint density at radius 2 is 1.75 bits per heavy atom. The second-order valence-corrected chi connectivity index (χ2v) is 7.49. The standard InChI is InChI=1S/C16H15Cl2NO4S/c1-3-19(24(21,22)13-7-5-12(17)6-8-13)15-10-11(16(20)23-2)4-9-14(15)18/h4-10H,3H2,1-2H3. The number of benzene rings is 2. The Morgan fingerprint density at radius 1 is 1.12 bits per heavy atom. The lowest BCUT2D eigenvalue weighted by molar-refractivity contribution is 0.0600. The second-order valence-electron chi connectivity index (χ2n) is 4.78. The van der Waals surface area contributed by atoms with E-state index in [0.717, 1.165) is 4.31 Å². The molecule has 0 aliphatic rings. The number of anilines is 1. The molecule has 0 bridgehead atoms. The van der Waals surface area contributed by atoms with Gasteiger partial charge in [0.05, 0.1) is 28.3 Å². The predicted octanol–water partition coefficient (Wildman–Crippen LogP) is 4.00. The minimum absolute atomic E-state index is 0.0771. The van der Waals surface area contributed by atoms with Crippen molar-refractivity contribution < 1.29 is 17.9 Å². The molecule has 0 fully saturated rings. The molecule has 0 saturated heterocycles. The van der Waals surface area contributed by atoms with Crippen molar-refractivity contribution in [1.29, 1.82) is 0 Å². The summed E-state index contributed by atoms with van der Waals surface area (Å²) >= 11 is 12.0. The summed E-state index contributed by atoms with van der Waals surface area (Å²) in [5.41, 5.74) is 0.415. The molecule has 0 aliphatic carbocycles. The molecule has 128 valence electrons. The number of ether oxygens (including phenoxy) is 1. The summed E-state index contributed by atoms with van der Waals surface area (Å²) in [5.74, 6) is -0.576. The van der Waals surface area contributed by atoms with Gasteiger partial charge >= 0.3 is 5.97 Å². The van der Waals surface area contributed by atoms with E-state index in [2.05, 4.69) is 4.74 Å². The van der Waals surface area contributed by atoms with Crippen molar-refractivity contribution in [2.75, 3.05) is 18.0 Å². The van der Waals surface area contributed by atoms with E-state index in [-0.39, 0.29) is 27.7 Å². The number of rotatable bonds is 5. The van der Waals surface area contributed by atoms with Gasteiger partial charge in [-0.25, -0.2) is 13.2 Å². The van der Waals surface area contributed by atoms with Gasteiger partial charge in [0.1, 0.15) is 0 Å². The Morgan fingerprint density at radius 3 is 2.29 bits per heavy atom. The topological polar surface area (TPSA) is 63.7 Å². The summed E-state index contributed by atoms with van der Waals surface area (Å²) in [6.07, 6.45) is 0. The van der Waals surface area contributed by atoms with Crippen LogP contribution in [0, 0.1) is 0 Å². The normalized spacial score (nSPS) is 11.2. The van der Waals surface area contributed by atoms with Crippen LogP contribution in [0.3, 0.4) is 0 Å². The van der Waals surface area contributed by atoms with Crippen LogP contribution in [0.25, 0.3) is 0 Å². The fraction of sp³-hybridized carbons (Fsp3) is 0.188. The van der Waals surface area contributed by atoms with Gasteiger partial charge in [0.15, 0.2) is 0 Å². The SMILES string of the molecule is CCN(c1cc(C(=O)OC)ccc1Cl)S(=O)(=O)c1ccc(Cl)cc1. The first kappa shape index (κ1) is 18.6. The monoisotopic (exact) mass is 387 g/mol. The highest BCUT2D eigenvalue weighted by Gasteiger charge is 2.26. The zero-order valence-corrected chi connectivity index (χ0v) is 15.3. The average molecular weight is 388 g/mol. The average Bonchev–Trinajstić information content (AvgIpc) is 2.56. The van der Waals surface area contributed by atoms with Crippen LogP contribution in [0.15, 0.2) is 47.4 Å². The third kappa shape index (κ3) is 3.66. The van der Waals surface area contributed by atoms with Crippen molar-refractivity contribution in [1.82, 2.24) is 0 Å². The van der Waals surface area contributed by atoms with Crippen LogP contribution in [0.2, 0.25) is 10.0 Å². The maximum absolute atomic E-state index is 12.9.